The summed E-state index contributed by atoms with van der Waals surface area (Å²) in [5.41, 5.74) is 0. The van der Waals surface area contributed by atoms with Crippen LogP contribution in [0.5, 0.6) is 0 Å². The number of unbranched alkanes of at least 4 members (excludes halogenated alkanes) is 5. The molecule has 0 amide bonds. The summed E-state index contributed by atoms with van der Waals surface area (Å²) in [4.78, 5) is 0. The van der Waals surface area contributed by atoms with Gasteiger partial charge in [-0.1, -0.05) is 45.4 Å². The molecule has 15 heavy (non-hydrogen) atoms. The van der Waals surface area contributed by atoms with Crippen LogP contribution in [0.2, 0.25) is 0 Å². The summed E-state index contributed by atoms with van der Waals surface area (Å²) in [5, 5.41) is 26.8. The molecule has 1 atom stereocenters. The molecule has 0 aromatic rings. The molecule has 5 heteroatoms. The summed E-state index contributed by atoms with van der Waals surface area (Å²) in [6, 6.07) is 0. The maximum absolute atomic E-state index is 8.93. The predicted molar refractivity (Wildman–Crippen MR) is 62.2 cm³/mol. The highest BCUT2D eigenvalue weighted by Gasteiger charge is 2.30. The van der Waals surface area contributed by atoms with Gasteiger partial charge in [0.2, 0.25) is 0 Å². The lowest BCUT2D eigenvalue weighted by Crippen LogP contribution is -2.43. The fourth-order valence-corrected chi connectivity index (χ4v) is 2.13. The molecule has 92 valence electrons. The van der Waals surface area contributed by atoms with Crippen LogP contribution >= 0.6 is 0 Å². The van der Waals surface area contributed by atoms with Crippen LogP contribution in [0.3, 0.4) is 0 Å². The summed E-state index contributed by atoms with van der Waals surface area (Å²) < 4.78 is 4.93. The second-order valence-corrected chi connectivity index (χ2v) is 4.44. The van der Waals surface area contributed by atoms with Crippen molar-refractivity contribution in [2.45, 2.75) is 63.9 Å². The molecule has 0 saturated carbocycles. The van der Waals surface area contributed by atoms with E-state index in [0.717, 1.165) is 19.3 Å². The van der Waals surface area contributed by atoms with Gasteiger partial charge in [0.15, 0.2) is 0 Å². The average molecular weight is 236 g/mol. The Labute approximate surface area is 94.8 Å². The maximum Gasteiger partial charge on any atom is 0.301 e. The molecule has 1 unspecified atom stereocenters. The van der Waals surface area contributed by atoms with Gasteiger partial charge in [-0.05, 0) is 6.42 Å². The van der Waals surface area contributed by atoms with Crippen molar-refractivity contribution in [2.24, 2.45) is 0 Å². The standard InChI is InChI=1S/C10H24O4Si/c1-2-3-4-5-6-7-8-9(14-15)10(11,12)13/h9,11-13H,2-8H2,1,15H3. The Balaban J connectivity index is 3.48. The lowest BCUT2D eigenvalue weighted by molar-refractivity contribution is -0.350. The molecule has 3 N–H and O–H groups in total. The van der Waals surface area contributed by atoms with Gasteiger partial charge in [-0.2, -0.15) is 0 Å². The van der Waals surface area contributed by atoms with Gasteiger partial charge in [-0.3, -0.25) is 0 Å². The molecule has 0 bridgehead atoms. The molecular formula is C10H24O4Si. The molecule has 0 aliphatic carbocycles. The SMILES string of the molecule is CCCCCCCCC(O[SiH3])C(O)(O)O. The van der Waals surface area contributed by atoms with E-state index in [-0.39, 0.29) is 0 Å². The van der Waals surface area contributed by atoms with Crippen molar-refractivity contribution in [3.63, 3.8) is 0 Å². The monoisotopic (exact) mass is 236 g/mol. The highest BCUT2D eigenvalue weighted by atomic mass is 28.2. The van der Waals surface area contributed by atoms with Gasteiger partial charge >= 0.3 is 5.97 Å². The minimum atomic E-state index is -2.68. The summed E-state index contributed by atoms with van der Waals surface area (Å²) in [6.07, 6.45) is 6.43. The molecule has 0 aliphatic heterocycles. The Morgan fingerprint density at radius 3 is 2.07 bits per heavy atom. The Morgan fingerprint density at radius 1 is 1.07 bits per heavy atom. The van der Waals surface area contributed by atoms with Gasteiger partial charge in [0.05, 0.1) is 0 Å². The normalized spacial score (nSPS) is 14.4. The molecule has 0 aromatic carbocycles. The molecule has 0 radical (unpaired) electrons. The molecule has 4 nitrogen and oxygen atoms in total. The number of rotatable bonds is 9. The third-order valence-electron chi connectivity index (χ3n) is 2.54. The van der Waals surface area contributed by atoms with Gasteiger partial charge in [0.1, 0.15) is 16.6 Å². The maximum atomic E-state index is 8.93. The van der Waals surface area contributed by atoms with Crippen LogP contribution in [0.4, 0.5) is 0 Å². The fraction of sp³-hybridized carbons (Fsp3) is 1.00. The van der Waals surface area contributed by atoms with Crippen LogP contribution in [0.15, 0.2) is 0 Å². The van der Waals surface area contributed by atoms with Gasteiger partial charge in [0, 0.05) is 0 Å². The summed E-state index contributed by atoms with van der Waals surface area (Å²) in [5.74, 6) is -2.68. The van der Waals surface area contributed by atoms with Crippen LogP contribution < -0.4 is 0 Å². The zero-order valence-corrected chi connectivity index (χ0v) is 11.8. The van der Waals surface area contributed by atoms with Gasteiger partial charge in [0.25, 0.3) is 0 Å². The lowest BCUT2D eigenvalue weighted by Gasteiger charge is -2.24. The van der Waals surface area contributed by atoms with E-state index < -0.39 is 12.1 Å². The molecule has 0 saturated heterocycles. The van der Waals surface area contributed by atoms with Gasteiger partial charge < -0.3 is 19.7 Å². The highest BCUT2D eigenvalue weighted by Crippen LogP contribution is 2.15. The second-order valence-electron chi connectivity index (χ2n) is 3.97. The van der Waals surface area contributed by atoms with Crippen molar-refractivity contribution >= 4 is 10.5 Å². The summed E-state index contributed by atoms with van der Waals surface area (Å²) in [6.45, 7) is 2.17. The third kappa shape index (κ3) is 7.93. The topological polar surface area (TPSA) is 69.9 Å². The van der Waals surface area contributed by atoms with E-state index >= 15 is 0 Å². The number of hydrogen-bond donors (Lipinski definition) is 3. The van der Waals surface area contributed by atoms with E-state index in [4.69, 9.17) is 19.7 Å². The van der Waals surface area contributed by atoms with Crippen LogP contribution in [-0.2, 0) is 4.43 Å². The molecule has 0 rings (SSSR count). The van der Waals surface area contributed by atoms with E-state index in [9.17, 15) is 0 Å². The summed E-state index contributed by atoms with van der Waals surface area (Å²) in [7, 11) is 0.393. The van der Waals surface area contributed by atoms with Crippen LogP contribution in [-0.4, -0.2) is 37.9 Å². The van der Waals surface area contributed by atoms with Gasteiger partial charge in [-0.15, -0.1) is 0 Å². The first-order valence-electron chi connectivity index (χ1n) is 5.72. The zero-order valence-electron chi connectivity index (χ0n) is 9.78. The molecular weight excluding hydrogens is 212 g/mol. The van der Waals surface area contributed by atoms with Crippen LogP contribution in [0.25, 0.3) is 0 Å². The molecule has 0 aromatic heterocycles. The lowest BCUT2D eigenvalue weighted by atomic mass is 10.1. The van der Waals surface area contributed by atoms with Gasteiger partial charge in [-0.25, -0.2) is 0 Å². The van der Waals surface area contributed by atoms with Crippen molar-refractivity contribution in [3.8, 4) is 0 Å². The second kappa shape index (κ2) is 8.24. The van der Waals surface area contributed by atoms with Crippen molar-refractivity contribution in [1.82, 2.24) is 0 Å². The van der Waals surface area contributed by atoms with Crippen molar-refractivity contribution < 1.29 is 19.7 Å². The van der Waals surface area contributed by atoms with E-state index in [1.807, 2.05) is 0 Å². The van der Waals surface area contributed by atoms with Crippen LogP contribution in [0.1, 0.15) is 51.9 Å². The largest absolute Gasteiger partial charge is 0.417 e. The zero-order chi connectivity index (χ0) is 11.7. The van der Waals surface area contributed by atoms with Crippen molar-refractivity contribution in [3.05, 3.63) is 0 Å². The van der Waals surface area contributed by atoms with Crippen molar-refractivity contribution in [1.29, 1.82) is 0 Å². The average Bonchev–Trinajstić information content (AvgIpc) is 2.15. The third-order valence-corrected chi connectivity index (χ3v) is 3.11. The minimum Gasteiger partial charge on any atom is -0.417 e. The Kier molecular flexibility index (Phi) is 8.27. The van der Waals surface area contributed by atoms with E-state index in [2.05, 4.69) is 6.92 Å². The highest BCUT2D eigenvalue weighted by molar-refractivity contribution is 5.98. The van der Waals surface area contributed by atoms with E-state index in [1.165, 1.54) is 19.3 Å². The predicted octanol–water partition coefficient (Wildman–Crippen LogP) is 0.0333. The van der Waals surface area contributed by atoms with E-state index in [1.54, 1.807) is 0 Å². The summed E-state index contributed by atoms with van der Waals surface area (Å²) >= 11 is 0. The fourth-order valence-electron chi connectivity index (χ4n) is 1.58. The molecule has 0 aliphatic rings. The van der Waals surface area contributed by atoms with E-state index in [0.29, 0.717) is 16.9 Å². The number of aliphatic hydroxyl groups is 3. The first-order valence-corrected chi connectivity index (χ1v) is 6.54. The Bertz CT molecular complexity index is 147. The van der Waals surface area contributed by atoms with Crippen molar-refractivity contribution in [2.75, 3.05) is 0 Å². The number of hydrogen-bond acceptors (Lipinski definition) is 4. The van der Waals surface area contributed by atoms with Crippen LogP contribution in [0, 0.1) is 0 Å². The first kappa shape index (κ1) is 15.1. The molecule has 0 heterocycles. The Morgan fingerprint density at radius 2 is 1.60 bits per heavy atom. The molecule has 0 fully saturated rings. The minimum absolute atomic E-state index is 0.393. The molecule has 0 spiro atoms. The smallest absolute Gasteiger partial charge is 0.301 e. The quantitative estimate of drug-likeness (QED) is 0.300. The first-order chi connectivity index (χ1) is 7.02. The Hall–Kier alpha value is 0.0569.